The maximum Gasteiger partial charge on any atom is 0.266 e. The molecule has 22 heavy (non-hydrogen) atoms. The molecule has 110 valence electrons. The van der Waals surface area contributed by atoms with Gasteiger partial charge in [-0.1, -0.05) is 18.2 Å². The van der Waals surface area contributed by atoms with Gasteiger partial charge in [0, 0.05) is 0 Å². The topological polar surface area (TPSA) is 52.9 Å². The van der Waals surface area contributed by atoms with Crippen molar-refractivity contribution < 1.29 is 13.6 Å². The van der Waals surface area contributed by atoms with Crippen molar-refractivity contribution in [2.75, 3.05) is 5.32 Å². The van der Waals surface area contributed by atoms with E-state index in [1.54, 1.807) is 12.1 Å². The fourth-order valence-electron chi connectivity index (χ4n) is 1.67. The van der Waals surface area contributed by atoms with Crippen LogP contribution in [-0.4, -0.2) is 5.91 Å². The van der Waals surface area contributed by atoms with Crippen molar-refractivity contribution in [2.24, 2.45) is 0 Å². The Morgan fingerprint density at radius 3 is 2.55 bits per heavy atom. The van der Waals surface area contributed by atoms with Crippen molar-refractivity contribution in [2.45, 2.75) is 0 Å². The molecule has 2 rings (SSSR count). The molecule has 0 atom stereocenters. The van der Waals surface area contributed by atoms with Gasteiger partial charge in [0.2, 0.25) is 0 Å². The average Bonchev–Trinajstić information content (AvgIpc) is 2.50. The van der Waals surface area contributed by atoms with Gasteiger partial charge in [-0.2, -0.15) is 5.26 Å². The number of amides is 1. The number of carbonyl (C=O) groups is 1. The van der Waals surface area contributed by atoms with E-state index in [1.165, 1.54) is 42.5 Å². The van der Waals surface area contributed by atoms with Crippen LogP contribution in [0.1, 0.15) is 5.56 Å². The van der Waals surface area contributed by atoms with Crippen molar-refractivity contribution in [1.82, 2.24) is 0 Å². The molecule has 0 aromatic heterocycles. The second kappa shape index (κ2) is 6.96. The first-order valence-electron chi connectivity index (χ1n) is 6.14. The average molecular weight is 363 g/mol. The predicted octanol–water partition coefficient (Wildman–Crippen LogP) is 4.27. The van der Waals surface area contributed by atoms with E-state index in [-0.39, 0.29) is 15.7 Å². The highest BCUT2D eigenvalue weighted by molar-refractivity contribution is 9.10. The van der Waals surface area contributed by atoms with Gasteiger partial charge in [0.1, 0.15) is 23.3 Å². The molecule has 0 unspecified atom stereocenters. The molecule has 0 bridgehead atoms. The molecule has 0 spiro atoms. The SMILES string of the molecule is N#C/C(=C\c1ccc(F)c(Br)c1)C(=O)Nc1ccccc1F. The predicted molar refractivity (Wildman–Crippen MR) is 82.7 cm³/mol. The fraction of sp³-hybridized carbons (Fsp3) is 0. The van der Waals surface area contributed by atoms with Gasteiger partial charge in [-0.05, 0) is 51.8 Å². The summed E-state index contributed by atoms with van der Waals surface area (Å²) < 4.78 is 26.8. The van der Waals surface area contributed by atoms with E-state index < -0.39 is 17.5 Å². The lowest BCUT2D eigenvalue weighted by Gasteiger charge is -2.05. The van der Waals surface area contributed by atoms with E-state index >= 15 is 0 Å². The highest BCUT2D eigenvalue weighted by atomic mass is 79.9. The van der Waals surface area contributed by atoms with Gasteiger partial charge in [0.25, 0.3) is 5.91 Å². The number of hydrogen-bond donors (Lipinski definition) is 1. The molecular formula is C16H9BrF2N2O. The summed E-state index contributed by atoms with van der Waals surface area (Å²) in [4.78, 5) is 12.0. The Bertz CT molecular complexity index is 797. The number of benzene rings is 2. The Kier molecular flexibility index (Phi) is 5.02. The number of hydrogen-bond acceptors (Lipinski definition) is 2. The van der Waals surface area contributed by atoms with Crippen molar-refractivity contribution in [3.8, 4) is 6.07 Å². The van der Waals surface area contributed by atoms with Gasteiger partial charge in [-0.3, -0.25) is 4.79 Å². The Balaban J connectivity index is 2.26. The Labute approximate surface area is 134 Å². The summed E-state index contributed by atoms with van der Waals surface area (Å²) in [6, 6.07) is 11.4. The van der Waals surface area contributed by atoms with Crippen LogP contribution in [0, 0.1) is 23.0 Å². The zero-order valence-electron chi connectivity index (χ0n) is 11.1. The van der Waals surface area contributed by atoms with Crippen LogP contribution < -0.4 is 5.32 Å². The summed E-state index contributed by atoms with van der Waals surface area (Å²) in [6.45, 7) is 0. The lowest BCUT2D eigenvalue weighted by atomic mass is 10.1. The normalized spacial score (nSPS) is 10.9. The third-order valence-electron chi connectivity index (χ3n) is 2.74. The first kappa shape index (κ1) is 15.9. The number of nitrogens with one attached hydrogen (secondary N) is 1. The van der Waals surface area contributed by atoms with E-state index in [9.17, 15) is 13.6 Å². The van der Waals surface area contributed by atoms with E-state index in [0.29, 0.717) is 5.56 Å². The van der Waals surface area contributed by atoms with Crippen molar-refractivity contribution in [3.05, 3.63) is 69.7 Å². The van der Waals surface area contributed by atoms with Gasteiger partial charge in [0.05, 0.1) is 10.2 Å². The molecule has 2 aromatic carbocycles. The summed E-state index contributed by atoms with van der Waals surface area (Å²) in [5.74, 6) is -1.79. The van der Waals surface area contributed by atoms with Gasteiger partial charge in [-0.25, -0.2) is 8.78 Å². The second-order valence-electron chi connectivity index (χ2n) is 4.28. The van der Waals surface area contributed by atoms with Crippen LogP contribution in [0.25, 0.3) is 6.08 Å². The van der Waals surface area contributed by atoms with Crippen LogP contribution in [0.15, 0.2) is 52.5 Å². The molecule has 0 radical (unpaired) electrons. The Hall–Kier alpha value is -2.52. The summed E-state index contributed by atoms with van der Waals surface area (Å²) in [5.41, 5.74) is 0.226. The number of nitrogens with zero attached hydrogens (tertiary/aromatic N) is 1. The molecule has 0 aliphatic heterocycles. The molecule has 0 aliphatic carbocycles. The van der Waals surface area contributed by atoms with Crippen LogP contribution in [0.5, 0.6) is 0 Å². The first-order valence-corrected chi connectivity index (χ1v) is 6.93. The second-order valence-corrected chi connectivity index (χ2v) is 5.13. The first-order chi connectivity index (χ1) is 10.5. The lowest BCUT2D eigenvalue weighted by molar-refractivity contribution is -0.112. The Morgan fingerprint density at radius 1 is 1.18 bits per heavy atom. The highest BCUT2D eigenvalue weighted by Gasteiger charge is 2.12. The number of carbonyl (C=O) groups excluding carboxylic acids is 1. The Morgan fingerprint density at radius 2 is 1.91 bits per heavy atom. The maximum atomic E-state index is 13.5. The molecule has 0 saturated heterocycles. The zero-order valence-corrected chi connectivity index (χ0v) is 12.7. The number of para-hydroxylation sites is 1. The van der Waals surface area contributed by atoms with Crippen LogP contribution in [0.4, 0.5) is 14.5 Å². The fourth-order valence-corrected chi connectivity index (χ4v) is 2.07. The van der Waals surface area contributed by atoms with Gasteiger partial charge >= 0.3 is 0 Å². The van der Waals surface area contributed by atoms with E-state index in [0.717, 1.165) is 0 Å². The largest absolute Gasteiger partial charge is 0.319 e. The molecule has 0 fully saturated rings. The molecule has 1 amide bonds. The van der Waals surface area contributed by atoms with Crippen LogP contribution in [0.2, 0.25) is 0 Å². The zero-order chi connectivity index (χ0) is 16.1. The number of anilines is 1. The van der Waals surface area contributed by atoms with Crippen molar-refractivity contribution >= 4 is 33.6 Å². The van der Waals surface area contributed by atoms with E-state index in [2.05, 4.69) is 21.2 Å². The standard InChI is InChI=1S/C16H9BrF2N2O/c17-12-8-10(5-6-13(12)18)7-11(9-20)16(22)21-15-4-2-1-3-14(15)19/h1-8H,(H,21,22)/b11-7+. The lowest BCUT2D eigenvalue weighted by Crippen LogP contribution is -2.14. The smallest absolute Gasteiger partial charge is 0.266 e. The minimum absolute atomic E-state index is 0.0195. The van der Waals surface area contributed by atoms with Crippen molar-refractivity contribution in [3.63, 3.8) is 0 Å². The number of rotatable bonds is 3. The highest BCUT2D eigenvalue weighted by Crippen LogP contribution is 2.19. The van der Waals surface area contributed by atoms with Crippen LogP contribution in [0.3, 0.4) is 0 Å². The molecule has 0 heterocycles. The maximum absolute atomic E-state index is 13.5. The molecule has 0 aliphatic rings. The third kappa shape index (κ3) is 3.77. The monoisotopic (exact) mass is 362 g/mol. The summed E-state index contributed by atoms with van der Waals surface area (Å²) >= 11 is 3.02. The minimum Gasteiger partial charge on any atom is -0.319 e. The molecule has 3 nitrogen and oxygen atoms in total. The van der Waals surface area contributed by atoms with Gasteiger partial charge in [-0.15, -0.1) is 0 Å². The van der Waals surface area contributed by atoms with E-state index in [4.69, 9.17) is 5.26 Å². The number of nitriles is 1. The summed E-state index contributed by atoms with van der Waals surface area (Å²) in [7, 11) is 0. The van der Waals surface area contributed by atoms with E-state index in [1.807, 2.05) is 0 Å². The van der Waals surface area contributed by atoms with Crippen molar-refractivity contribution in [1.29, 1.82) is 5.26 Å². The third-order valence-corrected chi connectivity index (χ3v) is 3.35. The van der Waals surface area contributed by atoms with Crippen LogP contribution >= 0.6 is 15.9 Å². The molecular weight excluding hydrogens is 354 g/mol. The molecule has 1 N–H and O–H groups in total. The molecule has 0 saturated carbocycles. The summed E-state index contributed by atoms with van der Waals surface area (Å²) in [6.07, 6.45) is 1.29. The number of halogens is 3. The molecule has 2 aromatic rings. The minimum atomic E-state index is -0.743. The summed E-state index contributed by atoms with van der Waals surface area (Å²) in [5, 5.41) is 11.4. The van der Waals surface area contributed by atoms with Crippen LogP contribution in [-0.2, 0) is 4.79 Å². The van der Waals surface area contributed by atoms with Gasteiger partial charge < -0.3 is 5.32 Å². The van der Waals surface area contributed by atoms with Gasteiger partial charge in [0.15, 0.2) is 0 Å². The molecule has 6 heteroatoms. The quantitative estimate of drug-likeness (QED) is 0.654.